The van der Waals surface area contributed by atoms with Crippen LogP contribution in [-0.2, 0) is 0 Å². The number of anilines is 1. The quantitative estimate of drug-likeness (QED) is 0.762. The van der Waals surface area contributed by atoms with Crippen LogP contribution >= 0.6 is 0 Å². The Labute approximate surface area is 123 Å². The van der Waals surface area contributed by atoms with Gasteiger partial charge in [-0.1, -0.05) is 30.3 Å². The van der Waals surface area contributed by atoms with Gasteiger partial charge in [0.25, 0.3) is 0 Å². The van der Waals surface area contributed by atoms with E-state index in [1.807, 2.05) is 30.3 Å². The van der Waals surface area contributed by atoms with Gasteiger partial charge in [-0.05, 0) is 24.3 Å². The summed E-state index contributed by atoms with van der Waals surface area (Å²) in [5.41, 5.74) is 0.924. The van der Waals surface area contributed by atoms with Crippen LogP contribution in [0.5, 0.6) is 0 Å². The molecule has 0 fully saturated rings. The summed E-state index contributed by atoms with van der Waals surface area (Å²) < 4.78 is 13.7. The van der Waals surface area contributed by atoms with Crippen molar-refractivity contribution in [1.82, 2.24) is 0 Å². The van der Waals surface area contributed by atoms with Crippen LogP contribution in [0.3, 0.4) is 0 Å². The minimum atomic E-state index is -0.518. The third-order valence-electron chi connectivity index (χ3n) is 3.12. The van der Waals surface area contributed by atoms with E-state index in [4.69, 9.17) is 5.26 Å². The Morgan fingerprint density at radius 2 is 1.76 bits per heavy atom. The SMILES string of the molecule is N#CCCN(CC(=O)c1ccccc1F)c1ccccc1. The predicted molar refractivity (Wildman–Crippen MR) is 79.6 cm³/mol. The molecule has 0 bridgehead atoms. The molecule has 2 rings (SSSR count). The van der Waals surface area contributed by atoms with Gasteiger partial charge in [0.15, 0.2) is 5.78 Å². The van der Waals surface area contributed by atoms with Crippen LogP contribution < -0.4 is 4.90 Å². The molecule has 2 aromatic carbocycles. The number of hydrogen-bond donors (Lipinski definition) is 0. The summed E-state index contributed by atoms with van der Waals surface area (Å²) in [5.74, 6) is -0.814. The lowest BCUT2D eigenvalue weighted by atomic mass is 10.1. The minimum absolute atomic E-state index is 0.0482. The highest BCUT2D eigenvalue weighted by atomic mass is 19.1. The number of carbonyl (C=O) groups is 1. The van der Waals surface area contributed by atoms with Crippen LogP contribution in [-0.4, -0.2) is 18.9 Å². The second kappa shape index (κ2) is 7.20. The maximum atomic E-state index is 13.7. The van der Waals surface area contributed by atoms with Gasteiger partial charge < -0.3 is 4.90 Å². The van der Waals surface area contributed by atoms with Gasteiger partial charge in [0, 0.05) is 12.2 Å². The van der Waals surface area contributed by atoms with Gasteiger partial charge >= 0.3 is 0 Å². The van der Waals surface area contributed by atoms with Crippen LogP contribution in [0.15, 0.2) is 54.6 Å². The van der Waals surface area contributed by atoms with Crippen molar-refractivity contribution in [2.24, 2.45) is 0 Å². The standard InChI is InChI=1S/C17H15FN2O/c18-16-10-5-4-9-15(16)17(21)13-20(12-6-11-19)14-7-2-1-3-8-14/h1-5,7-10H,6,12-13H2. The van der Waals surface area contributed by atoms with Gasteiger partial charge in [0.1, 0.15) is 5.82 Å². The molecule has 0 aliphatic heterocycles. The van der Waals surface area contributed by atoms with Crippen molar-refractivity contribution in [3.8, 4) is 6.07 Å². The molecule has 21 heavy (non-hydrogen) atoms. The first kappa shape index (κ1) is 14.7. The Morgan fingerprint density at radius 3 is 2.43 bits per heavy atom. The van der Waals surface area contributed by atoms with E-state index in [1.165, 1.54) is 12.1 Å². The van der Waals surface area contributed by atoms with Crippen LogP contribution in [0.4, 0.5) is 10.1 Å². The second-order valence-electron chi connectivity index (χ2n) is 4.57. The van der Waals surface area contributed by atoms with E-state index in [9.17, 15) is 9.18 Å². The number of para-hydroxylation sites is 1. The van der Waals surface area contributed by atoms with E-state index in [0.29, 0.717) is 13.0 Å². The van der Waals surface area contributed by atoms with Crippen molar-refractivity contribution in [3.05, 3.63) is 66.0 Å². The lowest BCUT2D eigenvalue weighted by Crippen LogP contribution is -2.31. The monoisotopic (exact) mass is 282 g/mol. The molecule has 2 aromatic rings. The van der Waals surface area contributed by atoms with E-state index in [0.717, 1.165) is 5.69 Å². The molecule has 4 heteroatoms. The zero-order valence-electron chi connectivity index (χ0n) is 11.5. The number of hydrogen-bond acceptors (Lipinski definition) is 3. The molecule has 106 valence electrons. The summed E-state index contributed by atoms with van der Waals surface area (Å²) >= 11 is 0. The third kappa shape index (κ3) is 3.90. The number of nitriles is 1. The molecule has 0 aliphatic rings. The van der Waals surface area contributed by atoms with E-state index < -0.39 is 5.82 Å². The zero-order chi connectivity index (χ0) is 15.1. The van der Waals surface area contributed by atoms with E-state index >= 15 is 0 Å². The first-order valence-corrected chi connectivity index (χ1v) is 6.67. The Hall–Kier alpha value is -2.67. The number of Topliss-reactive ketones (excluding diaryl/α,β-unsaturated/α-hetero) is 1. The summed E-state index contributed by atoms with van der Waals surface area (Å²) in [4.78, 5) is 14.0. The maximum Gasteiger partial charge on any atom is 0.185 e. The summed E-state index contributed by atoms with van der Waals surface area (Å²) in [6.45, 7) is 0.479. The number of rotatable bonds is 6. The van der Waals surface area contributed by atoms with Gasteiger partial charge in [0.05, 0.1) is 24.6 Å². The Kier molecular flexibility index (Phi) is 5.05. The summed E-state index contributed by atoms with van der Waals surface area (Å²) in [6, 6.07) is 17.3. The largest absolute Gasteiger partial charge is 0.363 e. The first-order chi connectivity index (χ1) is 10.2. The van der Waals surface area contributed by atoms with Crippen LogP contribution in [0.1, 0.15) is 16.8 Å². The predicted octanol–water partition coefficient (Wildman–Crippen LogP) is 3.43. The van der Waals surface area contributed by atoms with Crippen molar-refractivity contribution >= 4 is 11.5 Å². The normalized spacial score (nSPS) is 9.90. The van der Waals surface area contributed by atoms with Crippen LogP contribution in [0.25, 0.3) is 0 Å². The molecule has 0 saturated heterocycles. The fourth-order valence-corrected chi connectivity index (χ4v) is 2.07. The highest BCUT2D eigenvalue weighted by Crippen LogP contribution is 2.15. The molecule has 0 amide bonds. The molecule has 0 saturated carbocycles. The first-order valence-electron chi connectivity index (χ1n) is 6.67. The fourth-order valence-electron chi connectivity index (χ4n) is 2.07. The summed E-state index contributed by atoms with van der Waals surface area (Å²) in [5, 5.41) is 8.74. The molecule has 0 N–H and O–H groups in total. The molecule has 3 nitrogen and oxygen atoms in total. The summed E-state index contributed by atoms with van der Waals surface area (Å²) in [6.07, 6.45) is 0.305. The van der Waals surface area contributed by atoms with E-state index in [1.54, 1.807) is 17.0 Å². The Morgan fingerprint density at radius 1 is 1.10 bits per heavy atom. The average Bonchev–Trinajstić information content (AvgIpc) is 2.52. The Bertz CT molecular complexity index is 649. The molecule has 0 atom stereocenters. The number of benzene rings is 2. The highest BCUT2D eigenvalue weighted by Gasteiger charge is 2.15. The highest BCUT2D eigenvalue weighted by molar-refractivity contribution is 5.99. The van der Waals surface area contributed by atoms with Gasteiger partial charge in [-0.15, -0.1) is 0 Å². The van der Waals surface area contributed by atoms with Gasteiger partial charge in [0.2, 0.25) is 0 Å². The topological polar surface area (TPSA) is 44.1 Å². The fraction of sp³-hybridized carbons (Fsp3) is 0.176. The number of nitrogens with zero attached hydrogens (tertiary/aromatic N) is 2. The second-order valence-corrected chi connectivity index (χ2v) is 4.57. The van der Waals surface area contributed by atoms with E-state index in [2.05, 4.69) is 6.07 Å². The molecule has 0 heterocycles. The van der Waals surface area contributed by atoms with Gasteiger partial charge in [-0.2, -0.15) is 5.26 Å². The van der Waals surface area contributed by atoms with Crippen molar-refractivity contribution in [2.75, 3.05) is 18.0 Å². The molecule has 0 aromatic heterocycles. The average molecular weight is 282 g/mol. The molecular weight excluding hydrogens is 267 g/mol. The molecular formula is C17H15FN2O. The maximum absolute atomic E-state index is 13.7. The molecule has 0 aliphatic carbocycles. The van der Waals surface area contributed by atoms with Gasteiger partial charge in [-0.25, -0.2) is 4.39 Å². The van der Waals surface area contributed by atoms with Gasteiger partial charge in [-0.3, -0.25) is 4.79 Å². The van der Waals surface area contributed by atoms with Crippen molar-refractivity contribution in [2.45, 2.75) is 6.42 Å². The Balaban J connectivity index is 2.18. The number of halogens is 1. The van der Waals surface area contributed by atoms with Crippen molar-refractivity contribution in [1.29, 1.82) is 5.26 Å². The van der Waals surface area contributed by atoms with Crippen LogP contribution in [0, 0.1) is 17.1 Å². The van der Waals surface area contributed by atoms with Crippen molar-refractivity contribution in [3.63, 3.8) is 0 Å². The smallest absolute Gasteiger partial charge is 0.185 e. The lowest BCUT2D eigenvalue weighted by Gasteiger charge is -2.23. The van der Waals surface area contributed by atoms with E-state index in [-0.39, 0.29) is 17.9 Å². The lowest BCUT2D eigenvalue weighted by molar-refractivity contribution is 0.0995. The van der Waals surface area contributed by atoms with Crippen LogP contribution in [0.2, 0.25) is 0 Å². The third-order valence-corrected chi connectivity index (χ3v) is 3.12. The number of ketones is 1. The molecule has 0 unspecified atom stereocenters. The molecule has 0 radical (unpaired) electrons. The summed E-state index contributed by atoms with van der Waals surface area (Å²) in [7, 11) is 0. The van der Waals surface area contributed by atoms with Crippen molar-refractivity contribution < 1.29 is 9.18 Å². The molecule has 0 spiro atoms. The number of carbonyl (C=O) groups excluding carboxylic acids is 1. The zero-order valence-corrected chi connectivity index (χ0v) is 11.5. The minimum Gasteiger partial charge on any atom is -0.363 e.